The van der Waals surface area contributed by atoms with Crippen LogP contribution in [0, 0.1) is 5.82 Å². The molecule has 0 saturated heterocycles. The van der Waals surface area contributed by atoms with Gasteiger partial charge in [0, 0.05) is 12.8 Å². The minimum absolute atomic E-state index is 0.331. The van der Waals surface area contributed by atoms with Crippen molar-refractivity contribution in [2.24, 2.45) is 0 Å². The molecular weight excluding hydrogens is 293 g/mol. The zero-order chi connectivity index (χ0) is 14.9. The summed E-state index contributed by atoms with van der Waals surface area (Å²) in [6, 6.07) is 4.90. The van der Waals surface area contributed by atoms with E-state index in [2.05, 4.69) is 4.72 Å². The number of sulfonamides is 1. The molecule has 19 heavy (non-hydrogen) atoms. The molecule has 5 nitrogen and oxygen atoms in total. The highest BCUT2D eigenvalue weighted by Crippen LogP contribution is 2.17. The fourth-order valence-corrected chi connectivity index (χ4v) is 2.85. The van der Waals surface area contributed by atoms with Crippen molar-refractivity contribution in [3.05, 3.63) is 30.1 Å². The van der Waals surface area contributed by atoms with Gasteiger partial charge in [0.05, 0.1) is 4.75 Å². The molecule has 0 saturated carbocycles. The van der Waals surface area contributed by atoms with Gasteiger partial charge in [-0.25, -0.2) is 25.9 Å². The van der Waals surface area contributed by atoms with E-state index < -0.39 is 35.3 Å². The van der Waals surface area contributed by atoms with Crippen molar-refractivity contribution in [3.8, 4) is 0 Å². The normalized spacial score (nSPS) is 13.5. The molecule has 0 spiro atoms. The molecule has 1 aromatic rings. The third kappa shape index (κ3) is 3.74. The Morgan fingerprint density at radius 1 is 1.16 bits per heavy atom. The van der Waals surface area contributed by atoms with Gasteiger partial charge in [0.2, 0.25) is 10.0 Å². The van der Waals surface area contributed by atoms with E-state index in [0.717, 1.165) is 18.4 Å². The van der Waals surface area contributed by atoms with E-state index in [-0.39, 0.29) is 6.54 Å². The van der Waals surface area contributed by atoms with E-state index in [9.17, 15) is 21.2 Å². The summed E-state index contributed by atoms with van der Waals surface area (Å²) in [6.07, 6.45) is 1.02. The number of rotatable bonds is 5. The maximum atomic E-state index is 13.4. The summed E-state index contributed by atoms with van der Waals surface area (Å²) < 4.78 is 60.9. The van der Waals surface area contributed by atoms with Crippen LogP contribution in [0.3, 0.4) is 0 Å². The summed E-state index contributed by atoms with van der Waals surface area (Å²) in [4.78, 5) is -0.501. The molecule has 0 aliphatic rings. The quantitative estimate of drug-likeness (QED) is 0.877. The first kappa shape index (κ1) is 16.1. The first-order valence-electron chi connectivity index (χ1n) is 5.41. The monoisotopic (exact) mass is 309 g/mol. The molecule has 1 aromatic carbocycles. The number of benzene rings is 1. The standard InChI is InChI=1S/C11H16FNO4S2/c1-11(2,18(3,14)15)8-13-19(16,17)10-7-5-4-6-9(10)12/h4-7,13H,8H2,1-3H3. The Morgan fingerprint density at radius 3 is 2.16 bits per heavy atom. The molecule has 0 aliphatic heterocycles. The van der Waals surface area contributed by atoms with Crippen LogP contribution >= 0.6 is 0 Å². The van der Waals surface area contributed by atoms with E-state index in [4.69, 9.17) is 0 Å². The molecular formula is C11H16FNO4S2. The Labute approximate surface area is 112 Å². The van der Waals surface area contributed by atoms with Crippen molar-refractivity contribution in [1.29, 1.82) is 0 Å². The zero-order valence-corrected chi connectivity index (χ0v) is 12.5. The van der Waals surface area contributed by atoms with Crippen molar-refractivity contribution in [3.63, 3.8) is 0 Å². The van der Waals surface area contributed by atoms with Crippen LogP contribution in [0.2, 0.25) is 0 Å². The highest BCUT2D eigenvalue weighted by molar-refractivity contribution is 7.92. The number of sulfone groups is 1. The molecule has 0 fully saturated rings. The van der Waals surface area contributed by atoms with Crippen molar-refractivity contribution >= 4 is 19.9 Å². The third-order valence-corrected chi connectivity index (χ3v) is 6.40. The van der Waals surface area contributed by atoms with Gasteiger partial charge < -0.3 is 0 Å². The zero-order valence-electron chi connectivity index (χ0n) is 10.8. The minimum Gasteiger partial charge on any atom is -0.229 e. The van der Waals surface area contributed by atoms with Crippen LogP contribution in [0.15, 0.2) is 29.2 Å². The van der Waals surface area contributed by atoms with Gasteiger partial charge >= 0.3 is 0 Å². The summed E-state index contributed by atoms with van der Waals surface area (Å²) in [7, 11) is -7.51. The lowest BCUT2D eigenvalue weighted by Gasteiger charge is -2.22. The Hall–Kier alpha value is -0.990. The average Bonchev–Trinajstić information content (AvgIpc) is 2.25. The van der Waals surface area contributed by atoms with E-state index in [1.165, 1.54) is 26.0 Å². The molecule has 0 unspecified atom stereocenters. The van der Waals surface area contributed by atoms with Crippen LogP contribution < -0.4 is 4.72 Å². The summed E-state index contributed by atoms with van der Waals surface area (Å²) in [6.45, 7) is 2.46. The van der Waals surface area contributed by atoms with Gasteiger partial charge in [-0.1, -0.05) is 12.1 Å². The summed E-state index contributed by atoms with van der Waals surface area (Å²) in [5, 5.41) is 0. The fourth-order valence-electron chi connectivity index (χ4n) is 1.14. The van der Waals surface area contributed by atoms with Gasteiger partial charge in [-0.05, 0) is 26.0 Å². The molecule has 108 valence electrons. The van der Waals surface area contributed by atoms with Crippen molar-refractivity contribution < 1.29 is 21.2 Å². The van der Waals surface area contributed by atoms with Crippen LogP contribution in [-0.2, 0) is 19.9 Å². The molecule has 8 heteroatoms. The van der Waals surface area contributed by atoms with Gasteiger partial charge in [0.25, 0.3) is 0 Å². The van der Waals surface area contributed by atoms with E-state index in [0.29, 0.717) is 0 Å². The molecule has 1 rings (SSSR count). The van der Waals surface area contributed by atoms with Crippen molar-refractivity contribution in [2.45, 2.75) is 23.5 Å². The predicted molar refractivity (Wildman–Crippen MR) is 70.5 cm³/mol. The summed E-state index contributed by atoms with van der Waals surface area (Å²) in [5.41, 5.74) is 0. The third-order valence-electron chi connectivity index (χ3n) is 2.82. The predicted octanol–water partition coefficient (Wildman–Crippen LogP) is 0.927. The molecule has 0 amide bonds. The number of hydrogen-bond acceptors (Lipinski definition) is 4. The molecule has 0 radical (unpaired) electrons. The first-order valence-corrected chi connectivity index (χ1v) is 8.79. The Kier molecular flexibility index (Phi) is 4.38. The largest absolute Gasteiger partial charge is 0.243 e. The molecule has 0 aliphatic carbocycles. The summed E-state index contributed by atoms with van der Waals surface area (Å²) >= 11 is 0. The highest BCUT2D eigenvalue weighted by atomic mass is 32.2. The van der Waals surface area contributed by atoms with Crippen LogP contribution in [-0.4, -0.2) is 34.4 Å². The Morgan fingerprint density at radius 2 is 1.68 bits per heavy atom. The highest BCUT2D eigenvalue weighted by Gasteiger charge is 2.32. The SMILES string of the molecule is CC(C)(CNS(=O)(=O)c1ccccc1F)S(C)(=O)=O. The van der Waals surface area contributed by atoms with Gasteiger partial charge in [-0.15, -0.1) is 0 Å². The second-order valence-corrected chi connectivity index (χ2v) is 9.17. The van der Waals surface area contributed by atoms with Crippen LogP contribution in [0.5, 0.6) is 0 Å². The molecule has 0 heterocycles. The first-order chi connectivity index (χ1) is 8.47. The molecule has 0 aromatic heterocycles. The summed E-state index contributed by atoms with van der Waals surface area (Å²) in [5.74, 6) is -0.882. The van der Waals surface area contributed by atoms with Gasteiger partial charge in [0.1, 0.15) is 10.7 Å². The minimum atomic E-state index is -4.07. The Bertz CT molecular complexity index is 666. The van der Waals surface area contributed by atoms with Crippen molar-refractivity contribution in [1.82, 2.24) is 4.72 Å². The maximum Gasteiger partial charge on any atom is 0.243 e. The van der Waals surface area contributed by atoms with E-state index in [1.54, 1.807) is 0 Å². The second kappa shape index (κ2) is 5.18. The molecule has 0 bridgehead atoms. The number of hydrogen-bond donors (Lipinski definition) is 1. The van der Waals surface area contributed by atoms with Gasteiger partial charge in [-0.3, -0.25) is 0 Å². The van der Waals surface area contributed by atoms with Gasteiger partial charge in [-0.2, -0.15) is 0 Å². The van der Waals surface area contributed by atoms with Crippen LogP contribution in [0.4, 0.5) is 4.39 Å². The average molecular weight is 309 g/mol. The lowest BCUT2D eigenvalue weighted by Crippen LogP contribution is -2.43. The van der Waals surface area contributed by atoms with E-state index in [1.807, 2.05) is 0 Å². The topological polar surface area (TPSA) is 80.3 Å². The fraction of sp³-hybridized carbons (Fsp3) is 0.455. The second-order valence-electron chi connectivity index (χ2n) is 4.79. The van der Waals surface area contributed by atoms with Crippen molar-refractivity contribution in [2.75, 3.05) is 12.8 Å². The molecule has 0 atom stereocenters. The lowest BCUT2D eigenvalue weighted by molar-refractivity contribution is 0.531. The van der Waals surface area contributed by atoms with Crippen LogP contribution in [0.25, 0.3) is 0 Å². The molecule has 1 N–H and O–H groups in total. The lowest BCUT2D eigenvalue weighted by atomic mass is 10.2. The van der Waals surface area contributed by atoms with Crippen LogP contribution in [0.1, 0.15) is 13.8 Å². The Balaban J connectivity index is 2.99. The smallest absolute Gasteiger partial charge is 0.229 e. The van der Waals surface area contributed by atoms with E-state index >= 15 is 0 Å². The number of halogens is 1. The van der Waals surface area contributed by atoms with Gasteiger partial charge in [0.15, 0.2) is 9.84 Å². The maximum absolute atomic E-state index is 13.4. The number of nitrogens with one attached hydrogen (secondary N) is 1.